The van der Waals surface area contributed by atoms with E-state index in [-0.39, 0.29) is 18.0 Å². The van der Waals surface area contributed by atoms with Gasteiger partial charge in [0.1, 0.15) is 11.2 Å². The lowest BCUT2D eigenvalue weighted by Crippen LogP contribution is -2.40. The molecule has 32 heavy (non-hydrogen) atoms. The minimum absolute atomic E-state index is 0.191. The van der Waals surface area contributed by atoms with Gasteiger partial charge in [-0.05, 0) is 74.4 Å². The van der Waals surface area contributed by atoms with Gasteiger partial charge < -0.3 is 5.32 Å². The molecular weight excluding hydrogens is 422 g/mol. The summed E-state index contributed by atoms with van der Waals surface area (Å²) in [4.78, 5) is 39.7. The fraction of sp³-hybridized carbons (Fsp3) is 0.240. The van der Waals surface area contributed by atoms with Crippen molar-refractivity contribution in [3.05, 3.63) is 90.4 Å². The van der Waals surface area contributed by atoms with Crippen molar-refractivity contribution in [1.29, 1.82) is 0 Å². The smallest absolute Gasteiger partial charge is 0.324 e. The first kappa shape index (κ1) is 21.8. The largest absolute Gasteiger partial charge is 0.336 e. The average Bonchev–Trinajstić information content (AvgIpc) is 3.21. The summed E-state index contributed by atoms with van der Waals surface area (Å²) in [5.74, 6) is -0.319. The molecule has 164 valence electrons. The summed E-state index contributed by atoms with van der Waals surface area (Å²) in [5.41, 5.74) is 5.66. The minimum Gasteiger partial charge on any atom is -0.324 e. The number of hydrogen-bond acceptors (Lipinski definition) is 4. The second kappa shape index (κ2) is 8.24. The summed E-state index contributed by atoms with van der Waals surface area (Å²) >= 11 is 1.27. The highest BCUT2D eigenvalue weighted by Gasteiger charge is 2.19. The van der Waals surface area contributed by atoms with Crippen molar-refractivity contribution < 1.29 is 4.79 Å². The molecule has 0 fully saturated rings. The van der Waals surface area contributed by atoms with E-state index in [4.69, 9.17) is 0 Å². The Kier molecular flexibility index (Phi) is 5.60. The fourth-order valence-corrected chi connectivity index (χ4v) is 4.94. The predicted octanol–water partition coefficient (Wildman–Crippen LogP) is 4.39. The maximum atomic E-state index is 13.5. The lowest BCUT2D eigenvalue weighted by Gasteiger charge is -2.16. The second-order valence-electron chi connectivity index (χ2n) is 8.26. The molecule has 0 aliphatic heterocycles. The molecule has 0 atom stereocenters. The van der Waals surface area contributed by atoms with E-state index in [2.05, 4.69) is 5.32 Å². The zero-order valence-electron chi connectivity index (χ0n) is 18.8. The van der Waals surface area contributed by atoms with E-state index in [0.29, 0.717) is 15.9 Å². The number of carbonyl (C=O) groups is 1. The van der Waals surface area contributed by atoms with Crippen LogP contribution in [0.25, 0.3) is 15.9 Å². The van der Waals surface area contributed by atoms with Crippen LogP contribution in [-0.2, 0) is 11.3 Å². The normalized spacial score (nSPS) is 11.2. The molecule has 0 spiro atoms. The molecule has 6 nitrogen and oxygen atoms in total. The number of aryl methyl sites for hydroxylation is 5. The Morgan fingerprint density at radius 2 is 1.59 bits per heavy atom. The molecule has 1 amide bonds. The third-order valence-corrected chi connectivity index (χ3v) is 6.50. The van der Waals surface area contributed by atoms with Gasteiger partial charge in [0.15, 0.2) is 0 Å². The van der Waals surface area contributed by atoms with E-state index in [0.717, 1.165) is 33.5 Å². The first-order valence-electron chi connectivity index (χ1n) is 10.4. The molecule has 0 saturated carbocycles. The Morgan fingerprint density at radius 1 is 0.906 bits per heavy atom. The van der Waals surface area contributed by atoms with Crippen molar-refractivity contribution in [2.24, 2.45) is 0 Å². The molecule has 2 aromatic carbocycles. The number of aromatic nitrogens is 2. The van der Waals surface area contributed by atoms with E-state index < -0.39 is 5.69 Å². The number of nitrogens with one attached hydrogen (secondary N) is 1. The van der Waals surface area contributed by atoms with E-state index in [1.165, 1.54) is 20.5 Å². The summed E-state index contributed by atoms with van der Waals surface area (Å²) < 4.78 is 3.00. The van der Waals surface area contributed by atoms with Gasteiger partial charge in [0.2, 0.25) is 5.91 Å². The van der Waals surface area contributed by atoms with Gasteiger partial charge in [-0.15, -0.1) is 11.3 Å². The van der Waals surface area contributed by atoms with Crippen LogP contribution in [-0.4, -0.2) is 15.0 Å². The van der Waals surface area contributed by atoms with E-state index >= 15 is 0 Å². The van der Waals surface area contributed by atoms with Gasteiger partial charge in [-0.25, -0.2) is 9.36 Å². The van der Waals surface area contributed by atoms with Crippen LogP contribution < -0.4 is 16.6 Å². The molecule has 0 radical (unpaired) electrons. The molecule has 0 aliphatic rings. The van der Waals surface area contributed by atoms with Crippen LogP contribution in [0.15, 0.2) is 51.4 Å². The lowest BCUT2D eigenvalue weighted by molar-refractivity contribution is -0.116. The summed E-state index contributed by atoms with van der Waals surface area (Å²) in [5, 5.41) is 4.72. The van der Waals surface area contributed by atoms with Gasteiger partial charge in [-0.3, -0.25) is 14.2 Å². The minimum atomic E-state index is -0.526. The topological polar surface area (TPSA) is 73.1 Å². The molecule has 0 unspecified atom stereocenters. The monoisotopic (exact) mass is 447 g/mol. The van der Waals surface area contributed by atoms with E-state index in [1.54, 1.807) is 11.4 Å². The predicted molar refractivity (Wildman–Crippen MR) is 130 cm³/mol. The third-order valence-electron chi connectivity index (χ3n) is 5.60. The first-order valence-corrected chi connectivity index (χ1v) is 11.2. The number of thiophene rings is 1. The SMILES string of the molecule is Cc1cc(C)c(NC(=O)Cn2c(=O)n(-c3cc(C)ccc3C)c(=O)c3sccc32)c(C)c1. The van der Waals surface area contributed by atoms with Crippen molar-refractivity contribution in [2.75, 3.05) is 5.32 Å². The Labute approximate surface area is 189 Å². The molecule has 2 aromatic heterocycles. The van der Waals surface area contributed by atoms with Gasteiger partial charge in [-0.2, -0.15) is 0 Å². The standard InChI is InChI=1S/C25H25N3O3S/c1-14-6-7-16(3)20(12-14)28-24(30)23-19(8-9-32-23)27(25(28)31)13-21(29)26-22-17(4)10-15(2)11-18(22)5/h6-12H,13H2,1-5H3,(H,26,29). The van der Waals surface area contributed by atoms with Gasteiger partial charge in [-0.1, -0.05) is 29.8 Å². The number of carbonyl (C=O) groups excluding carboxylic acids is 1. The number of amides is 1. The average molecular weight is 448 g/mol. The number of rotatable bonds is 4. The molecule has 2 heterocycles. The second-order valence-corrected chi connectivity index (χ2v) is 9.17. The maximum Gasteiger partial charge on any atom is 0.336 e. The summed E-state index contributed by atoms with van der Waals surface area (Å²) in [7, 11) is 0. The molecule has 4 aromatic rings. The Hall–Kier alpha value is -3.45. The van der Waals surface area contributed by atoms with Gasteiger partial charge >= 0.3 is 5.69 Å². The lowest BCUT2D eigenvalue weighted by atomic mass is 10.1. The highest BCUT2D eigenvalue weighted by Crippen LogP contribution is 2.22. The van der Waals surface area contributed by atoms with Crippen LogP contribution in [0.1, 0.15) is 27.8 Å². The summed E-state index contributed by atoms with van der Waals surface area (Å²) in [6.45, 7) is 9.48. The van der Waals surface area contributed by atoms with Crippen molar-refractivity contribution in [1.82, 2.24) is 9.13 Å². The van der Waals surface area contributed by atoms with Gasteiger partial charge in [0, 0.05) is 5.69 Å². The number of anilines is 1. The van der Waals surface area contributed by atoms with Gasteiger partial charge in [0.05, 0.1) is 11.2 Å². The Balaban J connectivity index is 1.83. The molecule has 7 heteroatoms. The van der Waals surface area contributed by atoms with Gasteiger partial charge in [0.25, 0.3) is 5.56 Å². The maximum absolute atomic E-state index is 13.5. The van der Waals surface area contributed by atoms with Crippen LogP contribution in [0.5, 0.6) is 0 Å². The highest BCUT2D eigenvalue weighted by molar-refractivity contribution is 7.17. The Bertz CT molecular complexity index is 1470. The van der Waals surface area contributed by atoms with E-state index in [1.807, 2.05) is 65.0 Å². The Morgan fingerprint density at radius 3 is 2.28 bits per heavy atom. The van der Waals surface area contributed by atoms with Crippen molar-refractivity contribution in [3.63, 3.8) is 0 Å². The third kappa shape index (κ3) is 3.80. The van der Waals surface area contributed by atoms with Crippen LogP contribution in [0.4, 0.5) is 5.69 Å². The number of hydrogen-bond donors (Lipinski definition) is 1. The molecule has 4 rings (SSSR count). The summed E-state index contributed by atoms with van der Waals surface area (Å²) in [6, 6.07) is 11.4. The molecule has 0 bridgehead atoms. The first-order chi connectivity index (χ1) is 15.2. The molecular formula is C25H25N3O3S. The molecule has 1 N–H and O–H groups in total. The van der Waals surface area contributed by atoms with E-state index in [9.17, 15) is 14.4 Å². The number of benzene rings is 2. The molecule has 0 aliphatic carbocycles. The van der Waals surface area contributed by atoms with Crippen molar-refractivity contribution >= 4 is 33.1 Å². The zero-order chi connectivity index (χ0) is 23.2. The van der Waals surface area contributed by atoms with Crippen molar-refractivity contribution in [2.45, 2.75) is 41.2 Å². The molecule has 0 saturated heterocycles. The van der Waals surface area contributed by atoms with Crippen LogP contribution in [0.3, 0.4) is 0 Å². The van der Waals surface area contributed by atoms with Crippen molar-refractivity contribution in [3.8, 4) is 5.69 Å². The highest BCUT2D eigenvalue weighted by atomic mass is 32.1. The quantitative estimate of drug-likeness (QED) is 0.504. The number of nitrogens with zero attached hydrogens (tertiary/aromatic N) is 2. The zero-order valence-corrected chi connectivity index (χ0v) is 19.6. The van der Waals surface area contributed by atoms with Crippen LogP contribution >= 0.6 is 11.3 Å². The number of fused-ring (bicyclic) bond motifs is 1. The summed E-state index contributed by atoms with van der Waals surface area (Å²) in [6.07, 6.45) is 0. The van der Waals surface area contributed by atoms with Crippen LogP contribution in [0, 0.1) is 34.6 Å². The fourth-order valence-electron chi connectivity index (χ4n) is 4.11. The van der Waals surface area contributed by atoms with Crippen LogP contribution in [0.2, 0.25) is 0 Å².